The number of esters is 1. The SMILES string of the molecule is CCC(NC(=O)OC(C)(C)C)C(=O)OCC(=O)c1ccc2c(c1)COc1cc3c(cc1-2)CCCC3=O. The van der Waals surface area contributed by atoms with E-state index in [1.807, 2.05) is 18.2 Å². The quantitative estimate of drug-likeness (QED) is 0.455. The molecule has 2 aliphatic rings. The summed E-state index contributed by atoms with van der Waals surface area (Å²) in [5.74, 6) is -0.241. The second-order valence-electron chi connectivity index (χ2n) is 10.1. The van der Waals surface area contributed by atoms with E-state index in [4.69, 9.17) is 14.2 Å². The highest BCUT2D eigenvalue weighted by molar-refractivity contribution is 6.01. The minimum atomic E-state index is -0.918. The van der Waals surface area contributed by atoms with Gasteiger partial charge in [-0.05, 0) is 74.9 Å². The van der Waals surface area contributed by atoms with E-state index >= 15 is 0 Å². The van der Waals surface area contributed by atoms with Crippen LogP contribution in [0, 0.1) is 0 Å². The number of amides is 1. The summed E-state index contributed by atoms with van der Waals surface area (Å²) >= 11 is 0. The van der Waals surface area contributed by atoms with E-state index in [0.29, 0.717) is 17.7 Å². The van der Waals surface area contributed by atoms with Crippen molar-refractivity contribution >= 4 is 23.6 Å². The Kier molecular flexibility index (Phi) is 7.15. The van der Waals surface area contributed by atoms with Crippen LogP contribution in [0.1, 0.15) is 78.8 Å². The van der Waals surface area contributed by atoms with Crippen molar-refractivity contribution in [2.75, 3.05) is 6.61 Å². The van der Waals surface area contributed by atoms with Gasteiger partial charge in [-0.25, -0.2) is 9.59 Å². The molecule has 0 saturated carbocycles. The summed E-state index contributed by atoms with van der Waals surface area (Å²) in [5.41, 5.74) is 4.18. The topological polar surface area (TPSA) is 108 Å². The third-order valence-electron chi connectivity index (χ3n) is 6.19. The molecule has 4 rings (SSSR count). The van der Waals surface area contributed by atoms with Crippen LogP contribution in [0.2, 0.25) is 0 Å². The van der Waals surface area contributed by atoms with Gasteiger partial charge in [0.15, 0.2) is 18.2 Å². The molecule has 190 valence electrons. The van der Waals surface area contributed by atoms with Gasteiger partial charge in [-0.1, -0.05) is 19.1 Å². The van der Waals surface area contributed by atoms with Crippen molar-refractivity contribution in [1.29, 1.82) is 0 Å². The van der Waals surface area contributed by atoms with Gasteiger partial charge in [-0.2, -0.15) is 0 Å². The second kappa shape index (κ2) is 10.1. The molecule has 0 radical (unpaired) electrons. The molecule has 0 spiro atoms. The predicted octanol–water partition coefficient (Wildman–Crippen LogP) is 4.79. The average molecular weight is 494 g/mol. The Morgan fingerprint density at radius 1 is 1.03 bits per heavy atom. The van der Waals surface area contributed by atoms with Crippen LogP contribution in [-0.4, -0.2) is 41.9 Å². The number of hydrogen-bond acceptors (Lipinski definition) is 7. The number of carbonyl (C=O) groups is 4. The minimum absolute atomic E-state index is 0.149. The van der Waals surface area contributed by atoms with E-state index in [1.54, 1.807) is 39.8 Å². The van der Waals surface area contributed by atoms with Crippen molar-refractivity contribution in [3.63, 3.8) is 0 Å². The van der Waals surface area contributed by atoms with Crippen molar-refractivity contribution in [2.45, 2.75) is 71.6 Å². The van der Waals surface area contributed by atoms with Gasteiger partial charge in [0.1, 0.15) is 24.0 Å². The molecule has 0 saturated heterocycles. The summed E-state index contributed by atoms with van der Waals surface area (Å²) in [6.45, 7) is 6.72. The maximum absolute atomic E-state index is 12.8. The fourth-order valence-corrected chi connectivity index (χ4v) is 4.40. The molecule has 8 nitrogen and oxygen atoms in total. The van der Waals surface area contributed by atoms with Crippen molar-refractivity contribution in [2.24, 2.45) is 0 Å². The maximum atomic E-state index is 12.8. The number of carbonyl (C=O) groups excluding carboxylic acids is 4. The molecular weight excluding hydrogens is 462 g/mol. The van der Waals surface area contributed by atoms with Crippen molar-refractivity contribution in [3.05, 3.63) is 52.6 Å². The number of alkyl carbamates (subject to hydrolysis) is 1. The number of rotatable bonds is 6. The van der Waals surface area contributed by atoms with Gasteiger partial charge in [0.2, 0.25) is 0 Å². The number of ketones is 2. The van der Waals surface area contributed by atoms with Gasteiger partial charge in [0, 0.05) is 23.1 Å². The minimum Gasteiger partial charge on any atom is -0.488 e. The van der Waals surface area contributed by atoms with E-state index in [2.05, 4.69) is 5.32 Å². The first-order chi connectivity index (χ1) is 17.1. The lowest BCUT2D eigenvalue weighted by atomic mass is 9.86. The highest BCUT2D eigenvalue weighted by Gasteiger charge is 2.27. The van der Waals surface area contributed by atoms with Gasteiger partial charge < -0.3 is 19.5 Å². The molecule has 1 unspecified atom stereocenters. The Morgan fingerprint density at radius 2 is 1.81 bits per heavy atom. The first kappa shape index (κ1) is 25.4. The maximum Gasteiger partial charge on any atom is 0.408 e. The molecule has 2 aromatic carbocycles. The summed E-state index contributed by atoms with van der Waals surface area (Å²) < 4.78 is 16.3. The van der Waals surface area contributed by atoms with Gasteiger partial charge in [0.25, 0.3) is 0 Å². The zero-order chi connectivity index (χ0) is 26.0. The molecular formula is C28H31NO7. The molecule has 0 aromatic heterocycles. The van der Waals surface area contributed by atoms with Crippen LogP contribution in [0.5, 0.6) is 5.75 Å². The Labute approximate surface area is 210 Å². The molecule has 2 aromatic rings. The summed E-state index contributed by atoms with van der Waals surface area (Å²) in [6.07, 6.45) is 1.83. The largest absolute Gasteiger partial charge is 0.488 e. The number of benzene rings is 2. The van der Waals surface area contributed by atoms with Crippen LogP contribution in [0.3, 0.4) is 0 Å². The molecule has 1 atom stereocenters. The Balaban J connectivity index is 1.42. The van der Waals surface area contributed by atoms with Crippen LogP contribution in [0.4, 0.5) is 4.79 Å². The van der Waals surface area contributed by atoms with Crippen molar-refractivity contribution in [1.82, 2.24) is 5.32 Å². The van der Waals surface area contributed by atoms with E-state index in [9.17, 15) is 19.2 Å². The van der Waals surface area contributed by atoms with Crippen molar-refractivity contribution < 1.29 is 33.4 Å². The first-order valence-electron chi connectivity index (χ1n) is 12.2. The summed E-state index contributed by atoms with van der Waals surface area (Å²) in [7, 11) is 0. The van der Waals surface area contributed by atoms with E-state index in [1.165, 1.54) is 0 Å². The zero-order valence-corrected chi connectivity index (χ0v) is 21.1. The predicted molar refractivity (Wildman–Crippen MR) is 132 cm³/mol. The van der Waals surface area contributed by atoms with Crippen LogP contribution >= 0.6 is 0 Å². The third-order valence-corrected chi connectivity index (χ3v) is 6.19. The van der Waals surface area contributed by atoms with Gasteiger partial charge in [0.05, 0.1) is 0 Å². The third kappa shape index (κ3) is 5.58. The van der Waals surface area contributed by atoms with E-state index in [-0.39, 0.29) is 24.6 Å². The molecule has 0 fully saturated rings. The summed E-state index contributed by atoms with van der Waals surface area (Å²) in [5, 5.41) is 2.48. The number of aryl methyl sites for hydroxylation is 1. The molecule has 1 N–H and O–H groups in total. The normalized spacial score (nSPS) is 14.9. The molecule has 36 heavy (non-hydrogen) atoms. The van der Waals surface area contributed by atoms with Crippen molar-refractivity contribution in [3.8, 4) is 16.9 Å². The highest BCUT2D eigenvalue weighted by atomic mass is 16.6. The van der Waals surface area contributed by atoms with Crippen LogP contribution in [0.25, 0.3) is 11.1 Å². The summed E-state index contributed by atoms with van der Waals surface area (Å²) in [6, 6.07) is 8.25. The van der Waals surface area contributed by atoms with Crippen LogP contribution < -0.4 is 10.1 Å². The Morgan fingerprint density at radius 3 is 2.53 bits per heavy atom. The molecule has 0 bridgehead atoms. The Hall–Kier alpha value is -3.68. The fraction of sp³-hybridized carbons (Fsp3) is 0.429. The molecule has 1 aliphatic carbocycles. The number of ether oxygens (including phenoxy) is 3. The van der Waals surface area contributed by atoms with E-state index < -0.39 is 30.3 Å². The fourth-order valence-electron chi connectivity index (χ4n) is 4.40. The zero-order valence-electron chi connectivity index (χ0n) is 21.1. The average Bonchev–Trinajstić information content (AvgIpc) is 2.83. The molecule has 1 heterocycles. The van der Waals surface area contributed by atoms with Gasteiger partial charge in [-0.3, -0.25) is 9.59 Å². The van der Waals surface area contributed by atoms with Crippen LogP contribution in [0.15, 0.2) is 30.3 Å². The molecule has 1 amide bonds. The van der Waals surface area contributed by atoms with Crippen LogP contribution in [-0.2, 0) is 27.3 Å². The smallest absolute Gasteiger partial charge is 0.408 e. The lowest BCUT2D eigenvalue weighted by Gasteiger charge is -2.25. The highest BCUT2D eigenvalue weighted by Crippen LogP contribution is 2.41. The Bertz CT molecular complexity index is 1230. The second-order valence-corrected chi connectivity index (χ2v) is 10.1. The lowest BCUT2D eigenvalue weighted by molar-refractivity contribution is -0.145. The van der Waals surface area contributed by atoms with Gasteiger partial charge in [-0.15, -0.1) is 0 Å². The number of nitrogens with one attached hydrogen (secondary N) is 1. The number of hydrogen-bond donors (Lipinski definition) is 1. The first-order valence-corrected chi connectivity index (χ1v) is 12.2. The van der Waals surface area contributed by atoms with E-state index in [0.717, 1.165) is 40.7 Å². The molecule has 8 heteroatoms. The summed E-state index contributed by atoms with van der Waals surface area (Å²) in [4.78, 5) is 49.4. The molecule has 1 aliphatic heterocycles. The monoisotopic (exact) mass is 493 g/mol. The number of fused-ring (bicyclic) bond motifs is 4. The standard InChI is InChI=1S/C28H31NO7/c1-5-22(29-27(33)36-28(2,3)4)26(32)35-15-24(31)17-9-10-19-18(11-17)14-34-25-13-20-16(12-21(19)25)7-6-8-23(20)30/h9-13,22H,5-8,14-15H2,1-4H3,(H,29,33). The lowest BCUT2D eigenvalue weighted by Crippen LogP contribution is -2.44. The number of Topliss-reactive ketones (excluding diaryl/α,β-unsaturated/α-hetero) is 2. The van der Waals surface area contributed by atoms with Gasteiger partial charge >= 0.3 is 12.1 Å².